The molecule has 1 aromatic carbocycles. The van der Waals surface area contributed by atoms with Gasteiger partial charge in [-0.2, -0.15) is 0 Å². The van der Waals surface area contributed by atoms with Crippen molar-refractivity contribution in [1.82, 2.24) is 9.97 Å². The Morgan fingerprint density at radius 1 is 1.11 bits per heavy atom. The third-order valence-corrected chi connectivity index (χ3v) is 8.77. The van der Waals surface area contributed by atoms with E-state index >= 15 is 0 Å². The first kappa shape index (κ1) is 26.6. The van der Waals surface area contributed by atoms with Gasteiger partial charge in [0.25, 0.3) is 5.91 Å². The van der Waals surface area contributed by atoms with Gasteiger partial charge in [0.2, 0.25) is 11.9 Å². The van der Waals surface area contributed by atoms with Gasteiger partial charge in [0.15, 0.2) is 0 Å². The molecule has 2 aliphatic carbocycles. The van der Waals surface area contributed by atoms with Crippen LogP contribution in [0.2, 0.25) is 0 Å². The van der Waals surface area contributed by atoms with E-state index in [4.69, 9.17) is 0 Å². The Bertz CT molecular complexity index is 1170. The van der Waals surface area contributed by atoms with Gasteiger partial charge in [0, 0.05) is 49.4 Å². The van der Waals surface area contributed by atoms with Crippen molar-refractivity contribution >= 4 is 41.1 Å². The molecule has 1 amide bonds. The Balaban J connectivity index is 1.31. The number of methoxy groups -OCH3 is 1. The maximum absolute atomic E-state index is 13.6. The highest BCUT2D eigenvalue weighted by atomic mass is 32.2. The summed E-state index contributed by atoms with van der Waals surface area (Å²) in [5.74, 6) is -3.00. The highest BCUT2D eigenvalue weighted by Crippen LogP contribution is 2.54. The third kappa shape index (κ3) is 6.36. The molecule has 1 aromatic heterocycles. The number of ether oxygens (including phenoxy) is 1. The highest BCUT2D eigenvalue weighted by Gasteiger charge is 2.44. The summed E-state index contributed by atoms with van der Waals surface area (Å²) in [6, 6.07) is 7.24. The van der Waals surface area contributed by atoms with Crippen molar-refractivity contribution < 1.29 is 23.1 Å². The van der Waals surface area contributed by atoms with Gasteiger partial charge in [-0.15, -0.1) is 0 Å². The predicted octanol–water partition coefficient (Wildman–Crippen LogP) is 5.64. The minimum Gasteiger partial charge on any atom is -0.468 e. The number of amides is 1. The lowest BCUT2D eigenvalue weighted by Crippen LogP contribution is -2.35. The first-order chi connectivity index (χ1) is 18.3. The largest absolute Gasteiger partial charge is 0.468 e. The van der Waals surface area contributed by atoms with Crippen LogP contribution in [-0.4, -0.2) is 53.7 Å². The van der Waals surface area contributed by atoms with E-state index in [-0.39, 0.29) is 42.3 Å². The summed E-state index contributed by atoms with van der Waals surface area (Å²) in [7, 11) is 1.35. The Morgan fingerprint density at radius 2 is 1.84 bits per heavy atom. The summed E-state index contributed by atoms with van der Waals surface area (Å²) in [4.78, 5) is 35.9. The summed E-state index contributed by atoms with van der Waals surface area (Å²) < 4.78 is 35.0. The van der Waals surface area contributed by atoms with Crippen molar-refractivity contribution in [3.05, 3.63) is 41.7 Å². The molecule has 3 aliphatic rings. The lowest BCUT2D eigenvalue weighted by atomic mass is 9.85. The van der Waals surface area contributed by atoms with Crippen molar-refractivity contribution in [2.75, 3.05) is 40.9 Å². The van der Waals surface area contributed by atoms with Gasteiger partial charge in [-0.1, -0.05) is 0 Å². The van der Waals surface area contributed by atoms with E-state index in [1.165, 1.54) is 31.9 Å². The summed E-state index contributed by atoms with van der Waals surface area (Å²) >= 11 is 1.23. The molecule has 0 radical (unpaired) electrons. The molecule has 1 aliphatic heterocycles. The number of hydrogen-bond donors (Lipinski definition) is 2. The van der Waals surface area contributed by atoms with E-state index in [2.05, 4.69) is 29.6 Å². The number of benzene rings is 1. The zero-order valence-electron chi connectivity index (χ0n) is 21.5. The lowest BCUT2D eigenvalue weighted by Gasteiger charge is -2.35. The molecule has 2 heterocycles. The number of rotatable bonds is 8. The van der Waals surface area contributed by atoms with E-state index in [1.807, 2.05) is 6.07 Å². The van der Waals surface area contributed by atoms with Gasteiger partial charge < -0.3 is 14.4 Å². The lowest BCUT2D eigenvalue weighted by molar-refractivity contribution is -0.137. The maximum Gasteiger partial charge on any atom is 0.317 e. The Morgan fingerprint density at radius 3 is 2.53 bits per heavy atom. The summed E-state index contributed by atoms with van der Waals surface area (Å²) in [5.41, 5.74) is 3.27. The third-order valence-electron chi connectivity index (χ3n) is 8.01. The fourth-order valence-corrected chi connectivity index (χ4v) is 5.95. The number of esters is 1. The molecule has 5 rings (SSSR count). The maximum atomic E-state index is 13.6. The number of anilines is 3. The van der Waals surface area contributed by atoms with E-state index in [1.54, 1.807) is 24.4 Å². The van der Waals surface area contributed by atoms with E-state index < -0.39 is 5.92 Å². The highest BCUT2D eigenvalue weighted by molar-refractivity contribution is 8.01. The van der Waals surface area contributed by atoms with Crippen LogP contribution in [0.3, 0.4) is 0 Å². The molecular weight excluding hydrogens is 512 g/mol. The molecule has 2 aromatic rings. The van der Waals surface area contributed by atoms with Gasteiger partial charge in [-0.25, -0.2) is 18.7 Å². The van der Waals surface area contributed by atoms with Crippen LogP contribution in [0.15, 0.2) is 30.5 Å². The average molecular weight is 546 g/mol. The van der Waals surface area contributed by atoms with E-state index in [0.717, 1.165) is 37.3 Å². The minimum absolute atomic E-state index is 0.0696. The number of halogens is 2. The van der Waals surface area contributed by atoms with Crippen LogP contribution >= 0.6 is 11.9 Å². The number of nitrogens with one attached hydrogen (secondary N) is 2. The van der Waals surface area contributed by atoms with Gasteiger partial charge in [-0.05, 0) is 80.2 Å². The van der Waals surface area contributed by atoms with Crippen LogP contribution in [0.5, 0.6) is 0 Å². The summed E-state index contributed by atoms with van der Waals surface area (Å²) in [6.07, 6.45) is 6.77. The summed E-state index contributed by atoms with van der Waals surface area (Å²) in [5, 5.41) is 2.82. The summed E-state index contributed by atoms with van der Waals surface area (Å²) in [6.45, 7) is 1.74. The number of alkyl halides is 2. The van der Waals surface area contributed by atoms with Crippen molar-refractivity contribution in [2.24, 2.45) is 5.41 Å². The van der Waals surface area contributed by atoms with Crippen molar-refractivity contribution in [3.8, 4) is 0 Å². The van der Waals surface area contributed by atoms with Crippen LogP contribution in [0.4, 0.5) is 26.1 Å². The molecule has 2 saturated carbocycles. The number of piperidine rings is 1. The number of carbonyl (C=O) groups is 2. The van der Waals surface area contributed by atoms with Crippen LogP contribution in [-0.2, 0) is 9.53 Å². The molecule has 2 N–H and O–H groups in total. The number of carbonyl (C=O) groups excluding carboxylic acids is 2. The first-order valence-corrected chi connectivity index (χ1v) is 14.1. The number of aromatic nitrogens is 2. The number of nitrogens with zero attached hydrogens (tertiary/aromatic N) is 3. The second-order valence-corrected chi connectivity index (χ2v) is 11.4. The molecule has 8 nitrogen and oxygen atoms in total. The first-order valence-electron chi connectivity index (χ1n) is 13.1. The van der Waals surface area contributed by atoms with Gasteiger partial charge >= 0.3 is 5.97 Å². The molecule has 0 atom stereocenters. The quantitative estimate of drug-likeness (QED) is 0.325. The van der Waals surface area contributed by atoms with E-state index in [0.29, 0.717) is 29.5 Å². The molecule has 0 bridgehead atoms. The topological polar surface area (TPSA) is 96.4 Å². The molecule has 3 fully saturated rings. The van der Waals surface area contributed by atoms with Crippen molar-refractivity contribution in [1.29, 1.82) is 0 Å². The molecule has 0 unspecified atom stereocenters. The van der Waals surface area contributed by atoms with Gasteiger partial charge in [0.1, 0.15) is 5.75 Å². The van der Waals surface area contributed by atoms with Gasteiger partial charge in [-0.3, -0.25) is 14.9 Å². The van der Waals surface area contributed by atoms with Crippen molar-refractivity contribution in [3.63, 3.8) is 0 Å². The molecular formula is C27H33F2N5O3S. The second kappa shape index (κ2) is 11.0. The SMILES string of the molecule is COC(=O)CSNc1ccc(C(=O)Nc2nccc(C3CCC(F)(F)CC3)n2)c(N2CCC3(CC2)CC3)c1. The van der Waals surface area contributed by atoms with Crippen molar-refractivity contribution in [2.45, 2.75) is 63.2 Å². The molecule has 1 saturated heterocycles. The monoisotopic (exact) mass is 545 g/mol. The molecule has 204 valence electrons. The predicted molar refractivity (Wildman–Crippen MR) is 144 cm³/mol. The molecule has 38 heavy (non-hydrogen) atoms. The van der Waals surface area contributed by atoms with Crippen LogP contribution in [0.25, 0.3) is 0 Å². The van der Waals surface area contributed by atoms with Crippen LogP contribution in [0.1, 0.15) is 73.3 Å². The zero-order valence-corrected chi connectivity index (χ0v) is 22.3. The molecule has 11 heteroatoms. The Kier molecular flexibility index (Phi) is 7.74. The van der Waals surface area contributed by atoms with Crippen LogP contribution < -0.4 is 14.9 Å². The Hall–Kier alpha value is -2.95. The zero-order chi connectivity index (χ0) is 26.8. The smallest absolute Gasteiger partial charge is 0.317 e. The average Bonchev–Trinajstić information content (AvgIpc) is 3.67. The fraction of sp³-hybridized carbons (Fsp3) is 0.556. The fourth-order valence-electron chi connectivity index (χ4n) is 5.35. The minimum atomic E-state index is -2.61. The Labute approximate surface area is 225 Å². The normalized spacial score (nSPS) is 20.1. The van der Waals surface area contributed by atoms with Crippen LogP contribution in [0, 0.1) is 5.41 Å². The van der Waals surface area contributed by atoms with E-state index in [9.17, 15) is 18.4 Å². The molecule has 1 spiro atoms. The second-order valence-electron chi connectivity index (χ2n) is 10.6. The standard InChI is InChI=1S/C27H33F2N5O3S/c1-37-23(35)17-38-33-19-2-3-20(22(16-19)34-14-11-26(9-10-26)12-15-34)24(36)32-25-30-13-6-21(31-25)18-4-7-27(28,29)8-5-18/h2-3,6,13,16,18,33H,4-5,7-12,14-15,17H2,1H3,(H,30,31,32,36). The van der Waals surface area contributed by atoms with Gasteiger partial charge in [0.05, 0.1) is 18.4 Å². The number of hydrogen-bond acceptors (Lipinski definition) is 8.